The van der Waals surface area contributed by atoms with Crippen LogP contribution in [0.15, 0.2) is 30.7 Å². The Balaban J connectivity index is 1.47. The van der Waals surface area contributed by atoms with Crippen molar-refractivity contribution >= 4 is 34.2 Å². The lowest BCUT2D eigenvalue weighted by molar-refractivity contribution is 0.338. The molecule has 0 radical (unpaired) electrons. The highest BCUT2D eigenvalue weighted by Crippen LogP contribution is 2.37. The van der Waals surface area contributed by atoms with Gasteiger partial charge in [0, 0.05) is 49.7 Å². The molecule has 3 aromatic rings. The molecule has 0 bridgehead atoms. The van der Waals surface area contributed by atoms with Crippen molar-refractivity contribution in [3.8, 4) is 0 Å². The lowest BCUT2D eigenvalue weighted by atomic mass is 9.91. The molecule has 7 heteroatoms. The Morgan fingerprint density at radius 1 is 0.969 bits per heavy atom. The third-order valence-electron chi connectivity index (χ3n) is 7.01. The van der Waals surface area contributed by atoms with E-state index in [1.165, 1.54) is 30.2 Å². The summed E-state index contributed by atoms with van der Waals surface area (Å²) in [4.78, 5) is 23.5. The molecule has 5 heterocycles. The number of hydrogen-bond donors (Lipinski definition) is 1. The van der Waals surface area contributed by atoms with Gasteiger partial charge in [-0.2, -0.15) is 4.98 Å². The van der Waals surface area contributed by atoms with Gasteiger partial charge in [-0.1, -0.05) is 20.8 Å². The monoisotopic (exact) mass is 431 g/mol. The molecule has 168 valence electrons. The smallest absolute Gasteiger partial charge is 0.227 e. The lowest BCUT2D eigenvalue weighted by Crippen LogP contribution is -2.53. The summed E-state index contributed by atoms with van der Waals surface area (Å²) in [5, 5.41) is 5.74. The summed E-state index contributed by atoms with van der Waals surface area (Å²) in [6.45, 7) is 12.1. The van der Waals surface area contributed by atoms with Gasteiger partial charge in [0.1, 0.15) is 17.5 Å². The number of pyridine rings is 2. The highest BCUT2D eigenvalue weighted by molar-refractivity contribution is 5.96. The number of anilines is 4. The second-order valence-electron chi connectivity index (χ2n) is 9.59. The van der Waals surface area contributed by atoms with Crippen LogP contribution in [0.5, 0.6) is 0 Å². The molecule has 0 spiro atoms. The number of hydrogen-bond acceptors (Lipinski definition) is 7. The minimum absolute atomic E-state index is 0.381. The Kier molecular flexibility index (Phi) is 5.57. The van der Waals surface area contributed by atoms with E-state index in [1.807, 2.05) is 24.7 Å². The second-order valence-corrected chi connectivity index (χ2v) is 9.59. The quantitative estimate of drug-likeness (QED) is 0.601. The van der Waals surface area contributed by atoms with Crippen molar-refractivity contribution < 1.29 is 0 Å². The number of nitrogens with zero attached hydrogens (tertiary/aromatic N) is 6. The topological polar surface area (TPSA) is 70.1 Å². The maximum Gasteiger partial charge on any atom is 0.227 e. The summed E-state index contributed by atoms with van der Waals surface area (Å²) in [5.41, 5.74) is 1.24. The van der Waals surface area contributed by atoms with Crippen LogP contribution in [-0.4, -0.2) is 45.6 Å². The van der Waals surface area contributed by atoms with E-state index in [4.69, 9.17) is 15.0 Å². The maximum absolute atomic E-state index is 4.85. The highest BCUT2D eigenvalue weighted by atomic mass is 15.3. The number of aromatic nitrogens is 4. The minimum atomic E-state index is 0.381. The molecule has 2 aliphatic heterocycles. The fraction of sp³-hybridized carbons (Fsp3) is 0.520. The van der Waals surface area contributed by atoms with Crippen LogP contribution >= 0.6 is 0 Å². The standard InChI is InChI=1S/C25H33N7/c1-16(2)20-13-28-24(32-15-17(3)18(32)4)21-14-27-23(12-19(20)21)29-22-8-9-26-25(30-22)31-10-6-5-7-11-31/h8-9,12-14,16-18H,5-7,10-11,15H2,1-4H3,(H,26,27,29,30). The van der Waals surface area contributed by atoms with Gasteiger partial charge in [-0.15, -0.1) is 0 Å². The van der Waals surface area contributed by atoms with E-state index in [9.17, 15) is 0 Å². The van der Waals surface area contributed by atoms with Crippen LogP contribution in [0, 0.1) is 5.92 Å². The summed E-state index contributed by atoms with van der Waals surface area (Å²) >= 11 is 0. The highest BCUT2D eigenvalue weighted by Gasteiger charge is 2.34. The SMILES string of the molecule is CC(C)c1cnc(N2CC(C)C2C)c2cnc(Nc3ccnc(N4CCCCC4)n3)cc12. The van der Waals surface area contributed by atoms with Crippen molar-refractivity contribution in [3.63, 3.8) is 0 Å². The van der Waals surface area contributed by atoms with E-state index in [1.54, 1.807) is 0 Å². The number of rotatable bonds is 5. The van der Waals surface area contributed by atoms with Crippen molar-refractivity contribution in [1.29, 1.82) is 0 Å². The summed E-state index contributed by atoms with van der Waals surface area (Å²) in [7, 11) is 0. The summed E-state index contributed by atoms with van der Waals surface area (Å²) in [6.07, 6.45) is 9.54. The van der Waals surface area contributed by atoms with Crippen molar-refractivity contribution in [2.24, 2.45) is 5.92 Å². The largest absolute Gasteiger partial charge is 0.353 e. The molecule has 1 N–H and O–H groups in total. The first-order chi connectivity index (χ1) is 15.5. The van der Waals surface area contributed by atoms with Gasteiger partial charge in [0.2, 0.25) is 5.95 Å². The predicted molar refractivity (Wildman–Crippen MR) is 131 cm³/mol. The second kappa shape index (κ2) is 8.52. The number of nitrogens with one attached hydrogen (secondary N) is 1. The van der Waals surface area contributed by atoms with Crippen molar-refractivity contribution in [3.05, 3.63) is 36.3 Å². The van der Waals surface area contributed by atoms with Gasteiger partial charge in [-0.05, 0) is 61.1 Å². The van der Waals surface area contributed by atoms with Gasteiger partial charge in [-0.25, -0.2) is 15.0 Å². The zero-order valence-electron chi connectivity index (χ0n) is 19.5. The number of piperidine rings is 1. The molecule has 0 aromatic carbocycles. The first-order valence-corrected chi connectivity index (χ1v) is 11.9. The van der Waals surface area contributed by atoms with Gasteiger partial charge in [0.15, 0.2) is 0 Å². The van der Waals surface area contributed by atoms with E-state index < -0.39 is 0 Å². The first kappa shape index (κ1) is 20.9. The van der Waals surface area contributed by atoms with E-state index in [0.29, 0.717) is 17.9 Å². The van der Waals surface area contributed by atoms with Crippen LogP contribution in [0.3, 0.4) is 0 Å². The van der Waals surface area contributed by atoms with Crippen molar-refractivity contribution in [2.45, 2.75) is 58.9 Å². The van der Waals surface area contributed by atoms with E-state index in [-0.39, 0.29) is 0 Å². The molecule has 0 aliphatic carbocycles. The summed E-state index contributed by atoms with van der Waals surface area (Å²) < 4.78 is 0. The molecular formula is C25H33N7. The van der Waals surface area contributed by atoms with Gasteiger partial charge in [-0.3, -0.25) is 0 Å². The Bertz CT molecular complexity index is 1110. The van der Waals surface area contributed by atoms with Crippen molar-refractivity contribution in [1.82, 2.24) is 19.9 Å². The third kappa shape index (κ3) is 3.85. The van der Waals surface area contributed by atoms with Crippen LogP contribution in [-0.2, 0) is 0 Å². The molecular weight excluding hydrogens is 398 g/mol. The van der Waals surface area contributed by atoms with E-state index in [0.717, 1.165) is 48.4 Å². The Morgan fingerprint density at radius 2 is 1.78 bits per heavy atom. The third-order valence-corrected chi connectivity index (χ3v) is 7.01. The molecule has 2 unspecified atom stereocenters. The average Bonchev–Trinajstić information content (AvgIpc) is 2.82. The number of fused-ring (bicyclic) bond motifs is 1. The van der Waals surface area contributed by atoms with Crippen LogP contribution in [0.2, 0.25) is 0 Å². The minimum Gasteiger partial charge on any atom is -0.353 e. The molecule has 3 aromatic heterocycles. The zero-order chi connectivity index (χ0) is 22.2. The molecule has 2 atom stereocenters. The zero-order valence-corrected chi connectivity index (χ0v) is 19.5. The first-order valence-electron chi connectivity index (χ1n) is 11.9. The van der Waals surface area contributed by atoms with E-state index >= 15 is 0 Å². The Labute approximate surface area is 190 Å². The molecule has 7 nitrogen and oxygen atoms in total. The predicted octanol–water partition coefficient (Wildman–Crippen LogP) is 5.12. The van der Waals surface area contributed by atoms with Crippen LogP contribution in [0.25, 0.3) is 10.8 Å². The fourth-order valence-corrected chi connectivity index (χ4v) is 4.77. The van der Waals surface area contributed by atoms with Gasteiger partial charge < -0.3 is 15.1 Å². The summed E-state index contributed by atoms with van der Waals surface area (Å²) in [6, 6.07) is 4.55. The average molecular weight is 432 g/mol. The molecule has 32 heavy (non-hydrogen) atoms. The van der Waals surface area contributed by atoms with Crippen LogP contribution in [0.4, 0.5) is 23.4 Å². The van der Waals surface area contributed by atoms with Gasteiger partial charge in [0.05, 0.1) is 0 Å². The molecule has 2 saturated heterocycles. The van der Waals surface area contributed by atoms with E-state index in [2.05, 4.69) is 53.9 Å². The Morgan fingerprint density at radius 3 is 2.50 bits per heavy atom. The van der Waals surface area contributed by atoms with Crippen molar-refractivity contribution in [2.75, 3.05) is 34.8 Å². The molecule has 5 rings (SSSR count). The van der Waals surface area contributed by atoms with Gasteiger partial charge in [0.25, 0.3) is 0 Å². The maximum atomic E-state index is 4.85. The molecule has 2 fully saturated rings. The normalized spacial score (nSPS) is 21.2. The molecule has 2 aliphatic rings. The molecule has 0 saturated carbocycles. The fourth-order valence-electron chi connectivity index (χ4n) is 4.77. The summed E-state index contributed by atoms with van der Waals surface area (Å²) in [5.74, 6) is 4.49. The molecule has 0 amide bonds. The van der Waals surface area contributed by atoms with Crippen LogP contribution < -0.4 is 15.1 Å². The van der Waals surface area contributed by atoms with Crippen LogP contribution in [0.1, 0.15) is 58.4 Å². The Hall–Kier alpha value is -2.96. The van der Waals surface area contributed by atoms with Gasteiger partial charge >= 0.3 is 0 Å². The lowest BCUT2D eigenvalue weighted by Gasteiger charge is -2.46.